The van der Waals surface area contributed by atoms with Gasteiger partial charge in [-0.05, 0) is 12.8 Å². The van der Waals surface area contributed by atoms with E-state index in [9.17, 15) is 4.79 Å². The highest BCUT2D eigenvalue weighted by Gasteiger charge is 2.25. The van der Waals surface area contributed by atoms with Crippen LogP contribution in [0.5, 0.6) is 0 Å². The van der Waals surface area contributed by atoms with Gasteiger partial charge in [0, 0.05) is 32.0 Å². The van der Waals surface area contributed by atoms with Gasteiger partial charge in [0.25, 0.3) is 0 Å². The zero-order valence-corrected chi connectivity index (χ0v) is 9.04. The van der Waals surface area contributed by atoms with E-state index < -0.39 is 0 Å². The van der Waals surface area contributed by atoms with Crippen LogP contribution in [-0.2, 0) is 14.3 Å². The van der Waals surface area contributed by atoms with Crippen LogP contribution in [0.3, 0.4) is 0 Å². The number of ketones is 1. The van der Waals surface area contributed by atoms with Crippen molar-refractivity contribution in [2.75, 3.05) is 32.9 Å². The molecule has 15 heavy (non-hydrogen) atoms. The van der Waals surface area contributed by atoms with E-state index >= 15 is 0 Å². The number of nitrogens with one attached hydrogen (secondary N) is 1. The van der Waals surface area contributed by atoms with Gasteiger partial charge in [0.05, 0.1) is 19.3 Å². The van der Waals surface area contributed by atoms with E-state index in [-0.39, 0.29) is 12.0 Å². The van der Waals surface area contributed by atoms with E-state index in [1.807, 2.05) is 0 Å². The maximum absolute atomic E-state index is 11.9. The molecule has 1 N–H and O–H groups in total. The van der Waals surface area contributed by atoms with Gasteiger partial charge < -0.3 is 14.8 Å². The molecule has 0 aromatic carbocycles. The number of carbonyl (C=O) groups is 1. The molecule has 4 heteroatoms. The third-order valence-electron chi connectivity index (χ3n) is 3.05. The van der Waals surface area contributed by atoms with Crippen LogP contribution in [0.15, 0.2) is 0 Å². The van der Waals surface area contributed by atoms with Gasteiger partial charge in [-0.15, -0.1) is 0 Å². The summed E-state index contributed by atoms with van der Waals surface area (Å²) in [5.74, 6) is 0.424. The summed E-state index contributed by atoms with van der Waals surface area (Å²) in [6, 6.07) is 0. The normalized spacial score (nSPS) is 32.5. The van der Waals surface area contributed by atoms with Crippen molar-refractivity contribution in [2.24, 2.45) is 5.92 Å². The van der Waals surface area contributed by atoms with Gasteiger partial charge in [0.2, 0.25) is 0 Å². The Hall–Kier alpha value is -0.450. The Bertz CT molecular complexity index is 208. The van der Waals surface area contributed by atoms with Gasteiger partial charge in [-0.1, -0.05) is 0 Å². The highest BCUT2D eigenvalue weighted by atomic mass is 16.5. The Kier molecular flexibility index (Phi) is 4.11. The molecular weight excluding hydrogens is 194 g/mol. The van der Waals surface area contributed by atoms with Gasteiger partial charge >= 0.3 is 0 Å². The molecule has 2 atom stereocenters. The van der Waals surface area contributed by atoms with E-state index in [1.165, 1.54) is 0 Å². The minimum absolute atomic E-state index is 0.0770. The number of carbonyl (C=O) groups excluding carboxylic acids is 1. The van der Waals surface area contributed by atoms with Gasteiger partial charge in [-0.25, -0.2) is 0 Å². The van der Waals surface area contributed by atoms with Crippen molar-refractivity contribution in [3.63, 3.8) is 0 Å². The van der Waals surface area contributed by atoms with Gasteiger partial charge in [0.15, 0.2) is 0 Å². The highest BCUT2D eigenvalue weighted by Crippen LogP contribution is 2.17. The molecule has 0 aromatic heterocycles. The lowest BCUT2D eigenvalue weighted by Crippen LogP contribution is -2.41. The van der Waals surface area contributed by atoms with Crippen molar-refractivity contribution >= 4 is 5.78 Å². The Labute approximate surface area is 90.3 Å². The molecule has 0 radical (unpaired) electrons. The lowest BCUT2D eigenvalue weighted by Gasteiger charge is -2.26. The van der Waals surface area contributed by atoms with E-state index in [0.29, 0.717) is 18.8 Å². The Balaban J connectivity index is 1.74. The second-order valence-electron chi connectivity index (χ2n) is 4.28. The van der Waals surface area contributed by atoms with Gasteiger partial charge in [0.1, 0.15) is 5.78 Å². The van der Waals surface area contributed by atoms with E-state index in [4.69, 9.17) is 9.47 Å². The lowest BCUT2D eigenvalue weighted by atomic mass is 9.93. The Morgan fingerprint density at radius 3 is 3.00 bits per heavy atom. The molecule has 2 heterocycles. The fraction of sp³-hybridized carbons (Fsp3) is 0.909. The van der Waals surface area contributed by atoms with Gasteiger partial charge in [-0.2, -0.15) is 0 Å². The van der Waals surface area contributed by atoms with Gasteiger partial charge in [-0.3, -0.25) is 4.79 Å². The largest absolute Gasteiger partial charge is 0.381 e. The first-order valence-corrected chi connectivity index (χ1v) is 5.79. The topological polar surface area (TPSA) is 47.6 Å². The maximum atomic E-state index is 11.9. The molecule has 2 aliphatic rings. The second-order valence-corrected chi connectivity index (χ2v) is 4.28. The molecule has 0 aromatic rings. The summed E-state index contributed by atoms with van der Waals surface area (Å²) in [6.07, 6.45) is 2.62. The third-order valence-corrected chi connectivity index (χ3v) is 3.05. The van der Waals surface area contributed by atoms with Crippen LogP contribution in [0.2, 0.25) is 0 Å². The molecule has 2 fully saturated rings. The molecule has 2 unspecified atom stereocenters. The van der Waals surface area contributed by atoms with Crippen molar-refractivity contribution in [3.05, 3.63) is 0 Å². The van der Waals surface area contributed by atoms with E-state index in [1.54, 1.807) is 0 Å². The van der Waals surface area contributed by atoms with Crippen molar-refractivity contribution in [1.82, 2.24) is 5.32 Å². The summed E-state index contributed by atoms with van der Waals surface area (Å²) < 4.78 is 10.8. The monoisotopic (exact) mass is 213 g/mol. The first kappa shape index (κ1) is 11.0. The predicted molar refractivity (Wildman–Crippen MR) is 55.8 cm³/mol. The number of rotatable bonds is 3. The van der Waals surface area contributed by atoms with Crippen molar-refractivity contribution in [2.45, 2.75) is 25.4 Å². The maximum Gasteiger partial charge on any atom is 0.140 e. The second kappa shape index (κ2) is 5.58. The number of morpholine rings is 1. The zero-order chi connectivity index (χ0) is 10.5. The minimum Gasteiger partial charge on any atom is -0.381 e. The molecule has 0 amide bonds. The fourth-order valence-corrected chi connectivity index (χ4v) is 2.14. The van der Waals surface area contributed by atoms with Crippen LogP contribution in [0.1, 0.15) is 19.3 Å². The first-order valence-electron chi connectivity index (χ1n) is 5.79. The average Bonchev–Trinajstić information content (AvgIpc) is 2.31. The molecule has 0 spiro atoms. The van der Waals surface area contributed by atoms with Crippen LogP contribution >= 0.6 is 0 Å². The average molecular weight is 213 g/mol. The molecule has 86 valence electrons. The third kappa shape index (κ3) is 3.26. The molecule has 2 rings (SSSR count). The van der Waals surface area contributed by atoms with Crippen molar-refractivity contribution < 1.29 is 14.3 Å². The summed E-state index contributed by atoms with van der Waals surface area (Å²) in [5.41, 5.74) is 0. The first-order chi connectivity index (χ1) is 7.36. The fourth-order valence-electron chi connectivity index (χ4n) is 2.14. The predicted octanol–water partition coefficient (Wildman–Crippen LogP) is 0.361. The minimum atomic E-state index is 0.0770. The number of hydrogen-bond donors (Lipinski definition) is 1. The standard InChI is InChI=1S/C11H19NO3/c13-11(9-2-1-4-14-8-9)6-10-7-12-3-5-15-10/h9-10,12H,1-8H2. The van der Waals surface area contributed by atoms with Crippen LogP contribution < -0.4 is 5.32 Å². The molecule has 2 aliphatic heterocycles. The molecule has 2 saturated heterocycles. The lowest BCUT2D eigenvalue weighted by molar-refractivity contribution is -0.130. The SMILES string of the molecule is O=C(CC1CNCCO1)C1CCCOC1. The van der Waals surface area contributed by atoms with E-state index in [0.717, 1.165) is 39.1 Å². The molecule has 0 bridgehead atoms. The number of hydrogen-bond acceptors (Lipinski definition) is 4. The molecule has 0 aliphatic carbocycles. The summed E-state index contributed by atoms with van der Waals surface area (Å²) in [6.45, 7) is 3.85. The van der Waals surface area contributed by atoms with Crippen LogP contribution in [0.25, 0.3) is 0 Å². The van der Waals surface area contributed by atoms with Crippen molar-refractivity contribution in [3.8, 4) is 0 Å². The highest BCUT2D eigenvalue weighted by molar-refractivity contribution is 5.81. The Morgan fingerprint density at radius 2 is 2.33 bits per heavy atom. The summed E-state index contributed by atoms with van der Waals surface area (Å²) in [7, 11) is 0. The summed E-state index contributed by atoms with van der Waals surface area (Å²) in [4.78, 5) is 11.9. The Morgan fingerprint density at radius 1 is 1.40 bits per heavy atom. The molecular formula is C11H19NO3. The number of Topliss-reactive ketones (excluding diaryl/α,β-unsaturated/α-hetero) is 1. The van der Waals surface area contributed by atoms with Crippen LogP contribution in [-0.4, -0.2) is 44.8 Å². The van der Waals surface area contributed by atoms with Crippen LogP contribution in [0.4, 0.5) is 0 Å². The zero-order valence-electron chi connectivity index (χ0n) is 9.04. The summed E-state index contributed by atoms with van der Waals surface area (Å²) >= 11 is 0. The summed E-state index contributed by atoms with van der Waals surface area (Å²) in [5, 5.41) is 3.23. The quantitative estimate of drug-likeness (QED) is 0.735. The number of ether oxygens (including phenoxy) is 2. The smallest absolute Gasteiger partial charge is 0.140 e. The molecule has 4 nitrogen and oxygen atoms in total. The van der Waals surface area contributed by atoms with Crippen molar-refractivity contribution in [1.29, 1.82) is 0 Å². The van der Waals surface area contributed by atoms with E-state index in [2.05, 4.69) is 5.32 Å². The molecule has 0 saturated carbocycles. The van der Waals surface area contributed by atoms with Crippen LogP contribution in [0, 0.1) is 5.92 Å².